The van der Waals surface area contributed by atoms with Gasteiger partial charge in [-0.1, -0.05) is 52.1 Å². The highest BCUT2D eigenvalue weighted by atomic mass is 35.5. The number of nitrogens with one attached hydrogen (secondary N) is 1. The zero-order valence-electron chi connectivity index (χ0n) is 46.9. The number of nitrogens with zero attached hydrogens (tertiary/aromatic N) is 6. The molecule has 4 heterocycles. The smallest absolute Gasteiger partial charge is 0.293 e. The maximum Gasteiger partial charge on any atom is 0.293 e. The van der Waals surface area contributed by atoms with Gasteiger partial charge in [0.2, 0.25) is 5.92 Å². The van der Waals surface area contributed by atoms with Crippen LogP contribution in [0.1, 0.15) is 168 Å². The number of carbonyl (C=O) groups excluding carboxylic acids is 1. The molecule has 1 N–H and O–H groups in total. The van der Waals surface area contributed by atoms with Crippen molar-refractivity contribution >= 4 is 44.0 Å². The summed E-state index contributed by atoms with van der Waals surface area (Å²) in [6.07, 6.45) is 0.0651. The number of benzene rings is 2. The maximum absolute atomic E-state index is 16.3. The van der Waals surface area contributed by atoms with E-state index >= 15 is 4.39 Å². The Morgan fingerprint density at radius 1 is 0.926 bits per heavy atom. The number of aryl methyl sites for hydroxylation is 1. The van der Waals surface area contributed by atoms with Crippen LogP contribution in [0, 0.1) is 48.6 Å². The second-order valence-electron chi connectivity index (χ2n) is 23.0. The van der Waals surface area contributed by atoms with E-state index in [9.17, 15) is 57.5 Å². The highest BCUT2D eigenvalue weighted by Crippen LogP contribution is 2.68. The van der Waals surface area contributed by atoms with Crippen molar-refractivity contribution in [1.29, 1.82) is 5.41 Å². The van der Waals surface area contributed by atoms with Crippen LogP contribution in [0.3, 0.4) is 0 Å². The minimum atomic E-state index is -3.71. The summed E-state index contributed by atoms with van der Waals surface area (Å²) in [6, 6.07) is 7.44. The number of alkyl halides is 8. The first-order valence-corrected chi connectivity index (χ1v) is 29.7. The lowest BCUT2D eigenvalue weighted by Crippen LogP contribution is -2.41. The molecule has 6 atom stereocenters. The molecule has 2 aromatic carbocycles. The van der Waals surface area contributed by atoms with Gasteiger partial charge in [-0.3, -0.25) is 18.8 Å². The van der Waals surface area contributed by atoms with Crippen molar-refractivity contribution < 1.29 is 57.1 Å². The quantitative estimate of drug-likeness (QED) is 0.0584. The number of fused-ring (bicyclic) bond motifs is 4. The van der Waals surface area contributed by atoms with Crippen molar-refractivity contribution in [3.05, 3.63) is 114 Å². The van der Waals surface area contributed by atoms with Crippen LogP contribution in [0.25, 0.3) is 16.7 Å². The van der Waals surface area contributed by atoms with E-state index in [2.05, 4.69) is 28.8 Å². The van der Waals surface area contributed by atoms with E-state index in [4.69, 9.17) is 22.0 Å². The van der Waals surface area contributed by atoms with E-state index < -0.39 is 123 Å². The number of carbonyl (C=O) groups is 1. The van der Waals surface area contributed by atoms with Crippen molar-refractivity contribution in [2.45, 2.75) is 173 Å². The van der Waals surface area contributed by atoms with Gasteiger partial charge in [-0.2, -0.15) is 13.9 Å². The fourth-order valence-electron chi connectivity index (χ4n) is 11.6. The largest absolute Gasteiger partial charge is 0.303 e. The molecule has 0 bridgehead atoms. The molecule has 1 saturated heterocycles. The predicted molar refractivity (Wildman–Crippen MR) is 292 cm³/mol. The minimum Gasteiger partial charge on any atom is -0.303 e. The van der Waals surface area contributed by atoms with Crippen LogP contribution < -0.4 is 5.56 Å². The van der Waals surface area contributed by atoms with Crippen LogP contribution in [-0.2, 0) is 39.2 Å². The Morgan fingerprint density at radius 2 is 1.57 bits per heavy atom. The minimum absolute atomic E-state index is 0.0194. The number of pyridine rings is 1. The number of halogens is 11. The molecule has 4 aliphatic rings. The summed E-state index contributed by atoms with van der Waals surface area (Å²) in [5.74, 6) is -9.86. The molecule has 5 aromatic rings. The summed E-state index contributed by atoms with van der Waals surface area (Å²) in [7, 11) is -3.71. The topological polar surface area (TPSA) is 144 Å². The average molecular weight is 1190 g/mol. The molecule has 9 rings (SSSR count). The molecule has 1 aliphatic heterocycles. The molecule has 0 spiro atoms. The zero-order chi connectivity index (χ0) is 60.0. The molecular weight excluding hydrogens is 1120 g/mol. The Bertz CT molecular complexity index is 3310. The molecule has 11 nitrogen and oxygen atoms in total. The van der Waals surface area contributed by atoms with Crippen LogP contribution in [0.4, 0.5) is 43.9 Å². The number of piperidine rings is 1. The molecule has 3 aliphatic carbocycles. The fraction of sp³-hybridized carbons (Fsp3) is 0.586. The Balaban J connectivity index is 0.000000245. The van der Waals surface area contributed by atoms with Crippen LogP contribution in [0.2, 0.25) is 5.02 Å². The van der Waals surface area contributed by atoms with E-state index in [0.29, 0.717) is 23.6 Å². The molecule has 23 heteroatoms. The van der Waals surface area contributed by atoms with Crippen LogP contribution >= 0.6 is 11.6 Å². The lowest BCUT2D eigenvalue weighted by Gasteiger charge is -2.33. The summed E-state index contributed by atoms with van der Waals surface area (Å²) in [4.78, 5) is 37.3. The van der Waals surface area contributed by atoms with Crippen LogP contribution in [0.15, 0.2) is 41.2 Å². The van der Waals surface area contributed by atoms with Gasteiger partial charge in [0.25, 0.3) is 17.9 Å². The van der Waals surface area contributed by atoms with Gasteiger partial charge in [0.1, 0.15) is 40.3 Å². The first-order valence-electron chi connectivity index (χ1n) is 27.4. The van der Waals surface area contributed by atoms with Crippen molar-refractivity contribution in [2.75, 3.05) is 25.9 Å². The Hall–Kier alpha value is -5.22. The zero-order valence-corrected chi connectivity index (χ0v) is 48.4. The number of hydrogen-bond acceptors (Lipinski definition) is 9. The third-order valence-corrected chi connectivity index (χ3v) is 17.9. The van der Waals surface area contributed by atoms with E-state index in [1.165, 1.54) is 68.0 Å². The second kappa shape index (κ2) is 24.5. The van der Waals surface area contributed by atoms with Gasteiger partial charge >= 0.3 is 0 Å². The van der Waals surface area contributed by atoms with Crippen molar-refractivity contribution in [3.63, 3.8) is 0 Å². The lowest BCUT2D eigenvalue weighted by molar-refractivity contribution is -0.118. The third-order valence-electron chi connectivity index (χ3n) is 16.1. The number of aromatic nitrogens is 5. The summed E-state index contributed by atoms with van der Waals surface area (Å²) < 4.78 is 166. The third kappa shape index (κ3) is 13.9. The number of likely N-dealkylation sites (tertiary alicyclic amines) is 1. The Kier molecular flexibility index (Phi) is 19.2. The molecule has 3 fully saturated rings. The maximum atomic E-state index is 16.3. The standard InChI is InChI=1S/C36H38ClF5N4O3S.C11H10F4N2O.C11H22FN/c1-18(2)25(16-22-14-23(38)17-24(39)15-22)33-45-32-29(19(3)13-28(44-32)35(40)9-11-36(41,42)12-10-35)34(47)46(33)27-8-7-26(37)30(20(27)4)31(43)21(5)50(6,48)49;1-4(18)3-17-9-7(8(16-17)10(12)13)5-2-6(5)11(9,14)15;1-3-4-5-6-13-8-10(2)7-11(12)9-13/h7-8,13-15,17-18,21,25,43H,9-12,16H2,1-6H3;5-6,10H,2-3H2,1H3;10-11H,3-9H2,1-2H3/t;;10-,11?/m..1/s1. The van der Waals surface area contributed by atoms with Gasteiger partial charge in [0.15, 0.2) is 26.9 Å². The van der Waals surface area contributed by atoms with Crippen molar-refractivity contribution in [1.82, 2.24) is 29.2 Å². The van der Waals surface area contributed by atoms with Gasteiger partial charge in [-0.25, -0.2) is 53.5 Å². The van der Waals surface area contributed by atoms with E-state index in [-0.39, 0.29) is 81.0 Å². The summed E-state index contributed by atoms with van der Waals surface area (Å²) >= 11 is 6.55. The first-order chi connectivity index (χ1) is 37.7. The molecule has 444 valence electrons. The van der Waals surface area contributed by atoms with E-state index in [0.717, 1.165) is 36.5 Å². The van der Waals surface area contributed by atoms with Gasteiger partial charge < -0.3 is 10.3 Å². The number of rotatable bonds is 16. The highest BCUT2D eigenvalue weighted by molar-refractivity contribution is 7.92. The molecular formula is C58H70ClF10N7O4S. The van der Waals surface area contributed by atoms with E-state index in [1.54, 1.807) is 13.8 Å². The number of Topliss-reactive ketones (excluding diaryl/α,β-unsaturated/α-hetero) is 1. The predicted octanol–water partition coefficient (Wildman–Crippen LogP) is 14.0. The molecule has 0 amide bonds. The summed E-state index contributed by atoms with van der Waals surface area (Å²) in [6.45, 7) is 16.2. The van der Waals surface area contributed by atoms with Gasteiger partial charge in [-0.05, 0) is 138 Å². The lowest BCUT2D eigenvalue weighted by atomic mass is 9.81. The number of sulfone groups is 1. The number of hydrogen-bond donors (Lipinski definition) is 1. The van der Waals surface area contributed by atoms with Gasteiger partial charge in [0, 0.05) is 61.2 Å². The molecule has 0 radical (unpaired) electrons. The summed E-state index contributed by atoms with van der Waals surface area (Å²) in [5.41, 5.74) is -3.20. The Morgan fingerprint density at radius 3 is 2.14 bits per heavy atom. The molecule has 81 heavy (non-hydrogen) atoms. The fourth-order valence-corrected chi connectivity index (χ4v) is 12.4. The van der Waals surface area contributed by atoms with Crippen LogP contribution in [-0.4, -0.2) is 92.4 Å². The number of unbranched alkanes of at least 4 members (excludes halogenated alkanes) is 2. The monoisotopic (exact) mass is 1190 g/mol. The van der Waals surface area contributed by atoms with Crippen molar-refractivity contribution in [3.8, 4) is 5.69 Å². The normalized spacial score (nSPS) is 21.6. The van der Waals surface area contributed by atoms with Gasteiger partial charge in [-0.15, -0.1) is 0 Å². The van der Waals surface area contributed by atoms with Gasteiger partial charge in [0.05, 0.1) is 34.0 Å². The molecule has 5 unspecified atom stereocenters. The average Bonchev–Trinajstić information content (AvgIpc) is 2.82. The van der Waals surface area contributed by atoms with E-state index in [1.807, 2.05) is 13.8 Å². The highest BCUT2D eigenvalue weighted by Gasteiger charge is 2.67. The second-order valence-corrected chi connectivity index (χ2v) is 25.8. The first kappa shape index (κ1) is 63.4. The Labute approximate surface area is 470 Å². The van der Waals surface area contributed by atoms with Crippen molar-refractivity contribution in [2.24, 2.45) is 17.8 Å². The molecule has 3 aromatic heterocycles. The van der Waals surface area contributed by atoms with Crippen LogP contribution in [0.5, 0.6) is 0 Å². The number of ketones is 1. The summed E-state index contributed by atoms with van der Waals surface area (Å²) in [5, 5.41) is 11.2. The molecule has 2 saturated carbocycles. The SMILES string of the molecule is CC(=O)Cn1nc(C(F)F)c2c1C(F)(F)C1CC21.CCCCCN1CC(F)C[C@@H](C)C1.Cc1c(-n2c(C(Cc3cc(F)cc(F)c3)C(C)C)nc3nc(C4(F)CCC(F)(F)CC4)cc(C)c3c2=O)ccc(Cl)c1C(=N)C(C)S(C)(=O)=O.